The van der Waals surface area contributed by atoms with Crippen LogP contribution < -0.4 is 11.5 Å². The number of primary amides is 1. The van der Waals surface area contributed by atoms with E-state index in [9.17, 15) is 9.18 Å². The fourth-order valence-corrected chi connectivity index (χ4v) is 2.99. The van der Waals surface area contributed by atoms with E-state index in [1.54, 1.807) is 12.1 Å². The SMILES string of the molecule is CC(N)C(c1ccccc1F)N1CCC(C(N)=O)CC1. The molecule has 20 heavy (non-hydrogen) atoms. The van der Waals surface area contributed by atoms with Crippen LogP contribution in [0.3, 0.4) is 0 Å². The Morgan fingerprint density at radius 1 is 1.35 bits per heavy atom. The van der Waals surface area contributed by atoms with Gasteiger partial charge in [0, 0.05) is 17.5 Å². The van der Waals surface area contributed by atoms with Crippen molar-refractivity contribution in [3.63, 3.8) is 0 Å². The normalized spacial score (nSPS) is 20.6. The number of benzene rings is 1. The molecule has 0 radical (unpaired) electrons. The monoisotopic (exact) mass is 279 g/mol. The Kier molecular flexibility index (Phi) is 4.73. The Hall–Kier alpha value is -1.46. The first-order valence-electron chi connectivity index (χ1n) is 7.04. The van der Waals surface area contributed by atoms with Gasteiger partial charge in [-0.25, -0.2) is 4.39 Å². The number of hydrogen-bond acceptors (Lipinski definition) is 3. The van der Waals surface area contributed by atoms with Crippen molar-refractivity contribution >= 4 is 5.91 Å². The molecule has 1 aromatic rings. The van der Waals surface area contributed by atoms with E-state index in [-0.39, 0.29) is 29.7 Å². The van der Waals surface area contributed by atoms with Crippen LogP contribution in [0.25, 0.3) is 0 Å². The molecule has 1 aliphatic heterocycles. The van der Waals surface area contributed by atoms with Crippen LogP contribution in [-0.4, -0.2) is 29.9 Å². The second-order valence-corrected chi connectivity index (χ2v) is 5.54. The van der Waals surface area contributed by atoms with Crippen LogP contribution in [-0.2, 0) is 4.79 Å². The lowest BCUT2D eigenvalue weighted by Crippen LogP contribution is -2.45. The zero-order valence-electron chi connectivity index (χ0n) is 11.8. The van der Waals surface area contributed by atoms with Crippen LogP contribution >= 0.6 is 0 Å². The van der Waals surface area contributed by atoms with Gasteiger partial charge in [-0.05, 0) is 38.9 Å². The maximum atomic E-state index is 14.0. The third kappa shape index (κ3) is 3.16. The van der Waals surface area contributed by atoms with E-state index in [4.69, 9.17) is 11.5 Å². The lowest BCUT2D eigenvalue weighted by Gasteiger charge is -2.39. The van der Waals surface area contributed by atoms with Crippen molar-refractivity contribution < 1.29 is 9.18 Å². The van der Waals surface area contributed by atoms with Gasteiger partial charge in [0.1, 0.15) is 5.82 Å². The number of hydrogen-bond donors (Lipinski definition) is 2. The molecule has 0 aromatic heterocycles. The number of nitrogens with two attached hydrogens (primary N) is 2. The summed E-state index contributed by atoms with van der Waals surface area (Å²) in [6.07, 6.45) is 1.43. The minimum Gasteiger partial charge on any atom is -0.369 e. The van der Waals surface area contributed by atoms with Gasteiger partial charge >= 0.3 is 0 Å². The van der Waals surface area contributed by atoms with Gasteiger partial charge in [0.15, 0.2) is 0 Å². The highest BCUT2D eigenvalue weighted by Crippen LogP contribution is 2.30. The van der Waals surface area contributed by atoms with Gasteiger partial charge in [-0.15, -0.1) is 0 Å². The van der Waals surface area contributed by atoms with Gasteiger partial charge in [-0.2, -0.15) is 0 Å². The van der Waals surface area contributed by atoms with E-state index in [2.05, 4.69) is 4.90 Å². The molecule has 1 aliphatic rings. The zero-order valence-corrected chi connectivity index (χ0v) is 11.8. The number of likely N-dealkylation sites (tertiary alicyclic amines) is 1. The first-order chi connectivity index (χ1) is 9.50. The predicted molar refractivity (Wildman–Crippen MR) is 76.3 cm³/mol. The van der Waals surface area contributed by atoms with Gasteiger partial charge in [0.05, 0.1) is 6.04 Å². The largest absolute Gasteiger partial charge is 0.369 e. The maximum Gasteiger partial charge on any atom is 0.220 e. The fourth-order valence-electron chi connectivity index (χ4n) is 2.99. The minimum absolute atomic E-state index is 0.0689. The second-order valence-electron chi connectivity index (χ2n) is 5.54. The van der Waals surface area contributed by atoms with E-state index < -0.39 is 0 Å². The highest BCUT2D eigenvalue weighted by atomic mass is 19.1. The van der Waals surface area contributed by atoms with Crippen molar-refractivity contribution in [2.75, 3.05) is 13.1 Å². The summed E-state index contributed by atoms with van der Waals surface area (Å²) in [7, 11) is 0. The number of piperidine rings is 1. The van der Waals surface area contributed by atoms with Crippen molar-refractivity contribution in [2.45, 2.75) is 31.8 Å². The number of rotatable bonds is 4. The van der Waals surface area contributed by atoms with Gasteiger partial charge in [-0.1, -0.05) is 18.2 Å². The Labute approximate surface area is 118 Å². The third-order valence-corrected chi connectivity index (χ3v) is 4.05. The number of carbonyl (C=O) groups is 1. The summed E-state index contributed by atoms with van der Waals surface area (Å²) < 4.78 is 14.0. The van der Waals surface area contributed by atoms with Gasteiger partial charge < -0.3 is 11.5 Å². The number of nitrogens with zero attached hydrogens (tertiary/aromatic N) is 1. The molecule has 4 N–H and O–H groups in total. The van der Waals surface area contributed by atoms with Crippen molar-refractivity contribution in [1.82, 2.24) is 4.90 Å². The summed E-state index contributed by atoms with van der Waals surface area (Å²) in [6, 6.07) is 6.40. The molecule has 4 nitrogen and oxygen atoms in total. The quantitative estimate of drug-likeness (QED) is 0.875. The van der Waals surface area contributed by atoms with Crippen molar-refractivity contribution in [1.29, 1.82) is 0 Å². The molecule has 2 atom stereocenters. The molecule has 5 heteroatoms. The molecule has 2 unspecified atom stereocenters. The van der Waals surface area contributed by atoms with E-state index in [1.165, 1.54) is 6.07 Å². The van der Waals surface area contributed by atoms with Crippen LogP contribution in [0.2, 0.25) is 0 Å². The number of amides is 1. The summed E-state index contributed by atoms with van der Waals surface area (Å²) in [5.74, 6) is -0.541. The molecule has 1 heterocycles. The summed E-state index contributed by atoms with van der Waals surface area (Å²) in [6.45, 7) is 3.32. The Morgan fingerprint density at radius 2 is 1.95 bits per heavy atom. The second kappa shape index (κ2) is 6.33. The van der Waals surface area contributed by atoms with Crippen LogP contribution in [0.1, 0.15) is 31.4 Å². The van der Waals surface area contributed by atoms with Gasteiger partial charge in [0.2, 0.25) is 5.91 Å². The predicted octanol–water partition coefficient (Wildman–Crippen LogP) is 1.41. The molecule has 1 amide bonds. The van der Waals surface area contributed by atoms with E-state index in [0.29, 0.717) is 31.5 Å². The average Bonchev–Trinajstić information content (AvgIpc) is 2.41. The summed E-state index contributed by atoms with van der Waals surface area (Å²) >= 11 is 0. The molecule has 110 valence electrons. The van der Waals surface area contributed by atoms with Crippen molar-refractivity contribution in [2.24, 2.45) is 17.4 Å². The molecule has 2 rings (SSSR count). The van der Waals surface area contributed by atoms with Crippen molar-refractivity contribution in [3.8, 4) is 0 Å². The van der Waals surface area contributed by atoms with Crippen molar-refractivity contribution in [3.05, 3.63) is 35.6 Å². The Bertz CT molecular complexity index is 470. The van der Waals surface area contributed by atoms with E-state index in [1.807, 2.05) is 13.0 Å². The molecule has 0 saturated carbocycles. The van der Waals surface area contributed by atoms with E-state index >= 15 is 0 Å². The van der Waals surface area contributed by atoms with E-state index in [0.717, 1.165) is 0 Å². The van der Waals surface area contributed by atoms with Gasteiger partial charge in [-0.3, -0.25) is 9.69 Å². The smallest absolute Gasteiger partial charge is 0.220 e. The molecule has 1 fully saturated rings. The molecular formula is C15H22FN3O. The standard InChI is InChI=1S/C15H22FN3O/c1-10(17)14(12-4-2-3-5-13(12)16)19-8-6-11(7-9-19)15(18)20/h2-5,10-11,14H,6-9,17H2,1H3,(H2,18,20). The summed E-state index contributed by atoms with van der Waals surface area (Å²) in [4.78, 5) is 13.4. The molecule has 0 aliphatic carbocycles. The maximum absolute atomic E-state index is 14.0. The average molecular weight is 279 g/mol. The van der Waals surface area contributed by atoms with Crippen LogP contribution in [0, 0.1) is 11.7 Å². The highest BCUT2D eigenvalue weighted by Gasteiger charge is 2.31. The number of carbonyl (C=O) groups excluding carboxylic acids is 1. The van der Waals surface area contributed by atoms with Crippen LogP contribution in [0.4, 0.5) is 4.39 Å². The Balaban J connectivity index is 2.15. The van der Waals surface area contributed by atoms with Crippen LogP contribution in [0.15, 0.2) is 24.3 Å². The lowest BCUT2D eigenvalue weighted by molar-refractivity contribution is -0.123. The van der Waals surface area contributed by atoms with Crippen LogP contribution in [0.5, 0.6) is 0 Å². The Morgan fingerprint density at radius 3 is 2.45 bits per heavy atom. The third-order valence-electron chi connectivity index (χ3n) is 4.05. The molecule has 0 bridgehead atoms. The zero-order chi connectivity index (χ0) is 14.7. The lowest BCUT2D eigenvalue weighted by atomic mass is 9.91. The molecule has 0 spiro atoms. The fraction of sp³-hybridized carbons (Fsp3) is 0.533. The highest BCUT2D eigenvalue weighted by molar-refractivity contribution is 5.76. The molecule has 1 aromatic carbocycles. The molecular weight excluding hydrogens is 257 g/mol. The topological polar surface area (TPSA) is 72.3 Å². The first-order valence-corrected chi connectivity index (χ1v) is 7.04. The number of halogens is 1. The van der Waals surface area contributed by atoms with Gasteiger partial charge in [0.25, 0.3) is 0 Å². The minimum atomic E-state index is -0.243. The molecule has 1 saturated heterocycles. The first kappa shape index (κ1) is 14.9. The summed E-state index contributed by atoms with van der Waals surface area (Å²) in [5, 5.41) is 0. The summed E-state index contributed by atoms with van der Waals surface area (Å²) in [5.41, 5.74) is 12.0.